The zero-order chi connectivity index (χ0) is 21.9. The predicted molar refractivity (Wildman–Crippen MR) is 118 cm³/mol. The maximum Gasteiger partial charge on any atom is 0.246 e. The molecule has 7 atom stereocenters. The number of rotatable bonds is 7. The molecular weight excluding hydrogens is 400 g/mol. The summed E-state index contributed by atoms with van der Waals surface area (Å²) >= 11 is 1.63. The van der Waals surface area contributed by atoms with Crippen LogP contribution in [0.5, 0.6) is 0 Å². The van der Waals surface area contributed by atoms with Gasteiger partial charge in [-0.05, 0) is 60.3 Å². The molecule has 2 aliphatic carbocycles. The van der Waals surface area contributed by atoms with Crippen molar-refractivity contribution in [1.29, 1.82) is 0 Å². The summed E-state index contributed by atoms with van der Waals surface area (Å²) in [6.07, 6.45) is 3.20. The molecule has 0 saturated heterocycles. The van der Waals surface area contributed by atoms with E-state index in [9.17, 15) is 14.7 Å². The molecule has 6 nitrogen and oxygen atoms in total. The topological polar surface area (TPSA) is 87.7 Å². The molecule has 1 aromatic heterocycles. The van der Waals surface area contributed by atoms with Crippen LogP contribution in [0, 0.1) is 29.1 Å². The van der Waals surface area contributed by atoms with Crippen LogP contribution in [0.2, 0.25) is 0 Å². The van der Waals surface area contributed by atoms with Gasteiger partial charge in [0.2, 0.25) is 11.8 Å². The van der Waals surface area contributed by atoms with Crippen LogP contribution in [-0.4, -0.2) is 42.8 Å². The minimum Gasteiger partial charge on any atom is -0.392 e. The first-order chi connectivity index (χ1) is 14.3. The highest BCUT2D eigenvalue weighted by molar-refractivity contribution is 7.09. The number of carbonyl (C=O) groups excluding carboxylic acids is 2. The normalized spacial score (nSPS) is 34.6. The lowest BCUT2D eigenvalue weighted by molar-refractivity contribution is -0.144. The minimum absolute atomic E-state index is 0.00413. The summed E-state index contributed by atoms with van der Waals surface area (Å²) in [4.78, 5) is 26.0. The first-order valence-corrected chi connectivity index (χ1v) is 11.9. The van der Waals surface area contributed by atoms with Crippen molar-refractivity contribution in [3.8, 4) is 0 Å². The number of aliphatic hydroxyl groups excluding tert-OH is 1. The molecule has 0 aliphatic heterocycles. The summed E-state index contributed by atoms with van der Waals surface area (Å²) in [5, 5.41) is 19.5. The van der Waals surface area contributed by atoms with E-state index in [0.717, 1.165) is 30.6 Å². The highest BCUT2D eigenvalue weighted by Crippen LogP contribution is 2.55. The van der Waals surface area contributed by atoms with E-state index < -0.39 is 6.10 Å². The summed E-state index contributed by atoms with van der Waals surface area (Å²) in [5.74, 6) is -0.220. The van der Waals surface area contributed by atoms with Crippen molar-refractivity contribution in [3.63, 3.8) is 0 Å². The van der Waals surface area contributed by atoms with Crippen molar-refractivity contribution in [1.82, 2.24) is 10.6 Å². The Labute approximate surface area is 183 Å². The van der Waals surface area contributed by atoms with Crippen molar-refractivity contribution in [2.24, 2.45) is 29.1 Å². The van der Waals surface area contributed by atoms with Crippen LogP contribution in [0.1, 0.15) is 51.3 Å². The molecule has 0 bridgehead atoms. The zero-order valence-electron chi connectivity index (χ0n) is 18.5. The molecule has 1 heterocycles. The van der Waals surface area contributed by atoms with Gasteiger partial charge in [-0.25, -0.2) is 0 Å². The van der Waals surface area contributed by atoms with E-state index >= 15 is 0 Å². The smallest absolute Gasteiger partial charge is 0.246 e. The first-order valence-electron chi connectivity index (χ1n) is 11.0. The second-order valence-electron chi connectivity index (χ2n) is 9.46. The third-order valence-electron chi connectivity index (χ3n) is 7.58. The molecule has 2 aliphatic rings. The Hall–Kier alpha value is -1.44. The predicted octanol–water partition coefficient (Wildman–Crippen LogP) is 2.95. The van der Waals surface area contributed by atoms with Gasteiger partial charge in [-0.3, -0.25) is 9.59 Å². The lowest BCUT2D eigenvalue weighted by atomic mass is 9.51. The third-order valence-corrected chi connectivity index (χ3v) is 8.46. The Morgan fingerprint density at radius 3 is 2.77 bits per heavy atom. The van der Waals surface area contributed by atoms with Gasteiger partial charge in [0.25, 0.3) is 0 Å². The van der Waals surface area contributed by atoms with E-state index in [1.54, 1.807) is 11.3 Å². The van der Waals surface area contributed by atoms with Gasteiger partial charge in [-0.15, -0.1) is 11.3 Å². The van der Waals surface area contributed by atoms with Gasteiger partial charge in [-0.1, -0.05) is 26.8 Å². The Morgan fingerprint density at radius 1 is 1.37 bits per heavy atom. The maximum atomic E-state index is 12.8. The van der Waals surface area contributed by atoms with Crippen molar-refractivity contribution in [2.45, 2.75) is 65.1 Å². The van der Waals surface area contributed by atoms with Crippen molar-refractivity contribution in [2.75, 3.05) is 13.7 Å². The van der Waals surface area contributed by atoms with E-state index in [-0.39, 0.29) is 53.5 Å². The standard InChI is InChI=1S/C23H36N2O4S/c1-14(22(28)24-12-16-6-5-11-30-16)17-7-9-23(3)10-8-18(25-19(26)13-29-4)15(2)20(23)21(17)27/h5-6,11,14-15,17-18,20-21,27H,7-10,12-13H2,1-4H3,(H,24,28)(H,25,26). The van der Waals surface area contributed by atoms with Crippen LogP contribution in [-0.2, 0) is 20.9 Å². The Kier molecular flexibility index (Phi) is 7.58. The van der Waals surface area contributed by atoms with Crippen LogP contribution >= 0.6 is 11.3 Å². The molecule has 30 heavy (non-hydrogen) atoms. The largest absolute Gasteiger partial charge is 0.392 e. The van der Waals surface area contributed by atoms with Crippen molar-refractivity contribution < 1.29 is 19.4 Å². The molecule has 0 spiro atoms. The molecule has 168 valence electrons. The SMILES string of the molecule is COCC(=O)NC1CCC2(C)CCC(C(C)C(=O)NCc3cccs3)C(O)C2C1C. The van der Waals surface area contributed by atoms with Crippen LogP contribution in [0.3, 0.4) is 0 Å². The molecular formula is C23H36N2O4S. The van der Waals surface area contributed by atoms with Crippen LogP contribution in [0.15, 0.2) is 17.5 Å². The maximum absolute atomic E-state index is 12.8. The average Bonchev–Trinajstić information content (AvgIpc) is 3.22. The number of carbonyl (C=O) groups is 2. The number of hydrogen-bond acceptors (Lipinski definition) is 5. The van der Waals surface area contributed by atoms with E-state index in [4.69, 9.17) is 4.74 Å². The molecule has 1 aromatic rings. The van der Waals surface area contributed by atoms with Gasteiger partial charge in [0.05, 0.1) is 12.6 Å². The third kappa shape index (κ3) is 4.89. The molecule has 0 radical (unpaired) electrons. The number of aliphatic hydroxyl groups is 1. The Morgan fingerprint density at radius 2 is 2.10 bits per heavy atom. The molecule has 2 fully saturated rings. The number of hydrogen-bond donors (Lipinski definition) is 3. The van der Waals surface area contributed by atoms with Crippen molar-refractivity contribution in [3.05, 3.63) is 22.4 Å². The van der Waals surface area contributed by atoms with E-state index in [1.165, 1.54) is 7.11 Å². The molecule has 0 aromatic carbocycles. The summed E-state index contributed by atoms with van der Waals surface area (Å²) < 4.78 is 4.95. The summed E-state index contributed by atoms with van der Waals surface area (Å²) in [6, 6.07) is 4.02. The Balaban J connectivity index is 1.66. The fraction of sp³-hybridized carbons (Fsp3) is 0.739. The van der Waals surface area contributed by atoms with Gasteiger partial charge in [-0.2, -0.15) is 0 Å². The molecule has 2 saturated carbocycles. The van der Waals surface area contributed by atoms with E-state index in [2.05, 4.69) is 24.5 Å². The highest BCUT2D eigenvalue weighted by atomic mass is 32.1. The number of fused-ring (bicyclic) bond motifs is 1. The minimum atomic E-state index is -0.552. The lowest BCUT2D eigenvalue weighted by Gasteiger charge is -2.56. The second kappa shape index (κ2) is 9.79. The van der Waals surface area contributed by atoms with Gasteiger partial charge in [0, 0.05) is 23.9 Å². The fourth-order valence-corrected chi connectivity index (χ4v) is 6.46. The monoisotopic (exact) mass is 436 g/mol. The Bertz CT molecular complexity index is 725. The first kappa shape index (κ1) is 23.2. The van der Waals surface area contributed by atoms with Crippen LogP contribution in [0.25, 0.3) is 0 Å². The molecule has 3 N–H and O–H groups in total. The molecule has 7 unspecified atom stereocenters. The van der Waals surface area contributed by atoms with E-state index in [0.29, 0.717) is 6.54 Å². The quantitative estimate of drug-likeness (QED) is 0.613. The number of thiophene rings is 1. The number of methoxy groups -OCH3 is 1. The summed E-state index contributed by atoms with van der Waals surface area (Å²) in [7, 11) is 1.52. The van der Waals surface area contributed by atoms with Gasteiger partial charge >= 0.3 is 0 Å². The van der Waals surface area contributed by atoms with E-state index in [1.807, 2.05) is 24.4 Å². The number of ether oxygens (including phenoxy) is 1. The highest BCUT2D eigenvalue weighted by Gasteiger charge is 2.53. The molecule has 3 rings (SSSR count). The van der Waals surface area contributed by atoms with Gasteiger partial charge < -0.3 is 20.5 Å². The summed E-state index contributed by atoms with van der Waals surface area (Å²) in [6.45, 7) is 6.92. The van der Waals surface area contributed by atoms with Crippen molar-refractivity contribution >= 4 is 23.2 Å². The lowest BCUT2D eigenvalue weighted by Crippen LogP contribution is -2.58. The zero-order valence-corrected chi connectivity index (χ0v) is 19.3. The van der Waals surface area contributed by atoms with Crippen LogP contribution in [0.4, 0.5) is 0 Å². The number of amides is 2. The average molecular weight is 437 g/mol. The molecule has 2 amide bonds. The fourth-order valence-electron chi connectivity index (χ4n) is 5.82. The van der Waals surface area contributed by atoms with Gasteiger partial charge in [0.15, 0.2) is 0 Å². The van der Waals surface area contributed by atoms with Gasteiger partial charge in [0.1, 0.15) is 6.61 Å². The summed E-state index contributed by atoms with van der Waals surface area (Å²) in [5.41, 5.74) is 0.0466. The number of nitrogens with one attached hydrogen (secondary N) is 2. The molecule has 7 heteroatoms. The van der Waals surface area contributed by atoms with Crippen LogP contribution < -0.4 is 10.6 Å². The second-order valence-corrected chi connectivity index (χ2v) is 10.5.